The monoisotopic (exact) mass is 476 g/mol. The van der Waals surface area contributed by atoms with Crippen LogP contribution in [0.1, 0.15) is 31.1 Å². The van der Waals surface area contributed by atoms with Crippen LogP contribution in [0.25, 0.3) is 0 Å². The van der Waals surface area contributed by atoms with Crippen LogP contribution in [0.2, 0.25) is 0 Å². The lowest BCUT2D eigenvalue weighted by Crippen LogP contribution is -2.38. The minimum absolute atomic E-state index is 0.0314. The van der Waals surface area contributed by atoms with E-state index in [4.69, 9.17) is 9.47 Å². The quantitative estimate of drug-likeness (QED) is 0.537. The van der Waals surface area contributed by atoms with Crippen LogP contribution in [0.15, 0.2) is 53.0 Å². The van der Waals surface area contributed by atoms with Crippen molar-refractivity contribution in [2.24, 2.45) is 5.92 Å². The van der Waals surface area contributed by atoms with E-state index in [9.17, 15) is 14.4 Å². The third-order valence-electron chi connectivity index (χ3n) is 4.32. The molecule has 0 aliphatic rings. The smallest absolute Gasteiger partial charge is 0.342 e. The summed E-state index contributed by atoms with van der Waals surface area (Å²) >= 11 is 3.33. The fourth-order valence-electron chi connectivity index (χ4n) is 2.31. The third kappa shape index (κ3) is 7.51. The average Bonchev–Trinajstić information content (AvgIpc) is 2.72. The number of anilines is 1. The number of carbonyl (C=O) groups excluding carboxylic acids is 3. The molecule has 0 spiro atoms. The summed E-state index contributed by atoms with van der Waals surface area (Å²) in [7, 11) is 0. The van der Waals surface area contributed by atoms with Crippen LogP contribution >= 0.6 is 15.9 Å². The number of carbonyl (C=O) groups is 3. The van der Waals surface area contributed by atoms with Crippen LogP contribution in [0.5, 0.6) is 5.75 Å². The molecule has 7 nitrogen and oxygen atoms in total. The topological polar surface area (TPSA) is 93.7 Å². The molecule has 0 aliphatic heterocycles. The number of para-hydroxylation sites is 1. The summed E-state index contributed by atoms with van der Waals surface area (Å²) in [5.74, 6) is -0.989. The van der Waals surface area contributed by atoms with E-state index in [0.29, 0.717) is 5.69 Å². The molecule has 0 heterocycles. The highest BCUT2D eigenvalue weighted by molar-refractivity contribution is 9.10. The Morgan fingerprint density at radius 2 is 1.60 bits per heavy atom. The van der Waals surface area contributed by atoms with E-state index in [1.165, 1.54) is 6.07 Å². The van der Waals surface area contributed by atoms with Gasteiger partial charge in [-0.1, -0.05) is 41.9 Å². The van der Waals surface area contributed by atoms with E-state index in [2.05, 4.69) is 26.6 Å². The molecule has 30 heavy (non-hydrogen) atoms. The highest BCUT2D eigenvalue weighted by Crippen LogP contribution is 2.19. The average molecular weight is 477 g/mol. The van der Waals surface area contributed by atoms with Crippen LogP contribution in [-0.2, 0) is 14.3 Å². The lowest BCUT2D eigenvalue weighted by molar-refractivity contribution is -0.125. The summed E-state index contributed by atoms with van der Waals surface area (Å²) in [5.41, 5.74) is 0.764. The molecule has 8 heteroatoms. The van der Waals surface area contributed by atoms with Gasteiger partial charge in [0.1, 0.15) is 11.3 Å². The Balaban J connectivity index is 1.90. The first-order valence-electron chi connectivity index (χ1n) is 9.50. The molecule has 0 aliphatic carbocycles. The number of rotatable bonds is 9. The number of hydrogen-bond donors (Lipinski definition) is 2. The van der Waals surface area contributed by atoms with Crippen molar-refractivity contribution < 1.29 is 23.9 Å². The number of benzene rings is 2. The fraction of sp³-hybridized carbons (Fsp3) is 0.318. The van der Waals surface area contributed by atoms with E-state index >= 15 is 0 Å². The molecular formula is C22H25BrN2O5. The molecule has 0 saturated carbocycles. The van der Waals surface area contributed by atoms with Gasteiger partial charge in [-0.3, -0.25) is 9.59 Å². The second kappa shape index (κ2) is 11.3. The maximum absolute atomic E-state index is 12.4. The van der Waals surface area contributed by atoms with Gasteiger partial charge in [-0.05, 0) is 49.2 Å². The van der Waals surface area contributed by atoms with Crippen molar-refractivity contribution in [3.63, 3.8) is 0 Å². The molecule has 160 valence electrons. The molecule has 1 unspecified atom stereocenters. The van der Waals surface area contributed by atoms with Crippen molar-refractivity contribution in [2.75, 3.05) is 18.5 Å². The summed E-state index contributed by atoms with van der Waals surface area (Å²) in [6.07, 6.45) is 0. The Bertz CT molecular complexity index is 883. The van der Waals surface area contributed by atoms with Crippen molar-refractivity contribution in [1.29, 1.82) is 0 Å². The summed E-state index contributed by atoms with van der Waals surface area (Å²) in [5, 5.41) is 5.47. The van der Waals surface area contributed by atoms with Gasteiger partial charge in [-0.25, -0.2) is 4.79 Å². The molecule has 2 rings (SSSR count). The normalized spacial score (nSPS) is 11.5. The van der Waals surface area contributed by atoms with Crippen LogP contribution < -0.4 is 15.4 Å². The second-order valence-electron chi connectivity index (χ2n) is 7.02. The van der Waals surface area contributed by atoms with Crippen LogP contribution in [0.3, 0.4) is 0 Å². The standard InChI is InChI=1S/C22H25BrN2O5/c1-14(2)15(3)24-20(26)13-30-22(28)18-6-4-5-7-19(18)29-12-21(27)25-17-10-8-16(23)9-11-17/h4-11,14-15H,12-13H2,1-3H3,(H,24,26)(H,25,27). The number of halogens is 1. The highest BCUT2D eigenvalue weighted by Gasteiger charge is 2.17. The van der Waals surface area contributed by atoms with Crippen LogP contribution in [-0.4, -0.2) is 37.0 Å². The lowest BCUT2D eigenvalue weighted by Gasteiger charge is -2.17. The van der Waals surface area contributed by atoms with E-state index < -0.39 is 12.6 Å². The summed E-state index contributed by atoms with van der Waals surface area (Å²) < 4.78 is 11.5. The SMILES string of the molecule is CC(C)C(C)NC(=O)COC(=O)c1ccccc1OCC(=O)Nc1ccc(Br)cc1. The predicted molar refractivity (Wildman–Crippen MR) is 117 cm³/mol. The van der Waals surface area contributed by atoms with Crippen molar-refractivity contribution in [3.05, 3.63) is 58.6 Å². The van der Waals surface area contributed by atoms with Crippen LogP contribution in [0.4, 0.5) is 5.69 Å². The van der Waals surface area contributed by atoms with Crippen molar-refractivity contribution in [3.8, 4) is 5.75 Å². The third-order valence-corrected chi connectivity index (χ3v) is 4.85. The van der Waals surface area contributed by atoms with Gasteiger partial charge in [-0.15, -0.1) is 0 Å². The molecule has 2 N–H and O–H groups in total. The lowest BCUT2D eigenvalue weighted by atomic mass is 10.1. The first kappa shape index (κ1) is 23.4. The Hall–Kier alpha value is -2.87. The maximum Gasteiger partial charge on any atom is 0.342 e. The molecule has 0 radical (unpaired) electrons. The molecule has 1 atom stereocenters. The molecule has 0 saturated heterocycles. The zero-order chi connectivity index (χ0) is 22.1. The minimum atomic E-state index is -0.703. The van der Waals surface area contributed by atoms with Gasteiger partial charge >= 0.3 is 5.97 Å². The molecule has 0 aromatic heterocycles. The molecule has 2 aromatic rings. The Kier molecular flexibility index (Phi) is 8.86. The van der Waals surface area contributed by atoms with Gasteiger partial charge in [0.25, 0.3) is 11.8 Å². The highest BCUT2D eigenvalue weighted by atomic mass is 79.9. The zero-order valence-electron chi connectivity index (χ0n) is 17.1. The van der Waals surface area contributed by atoms with Gasteiger partial charge in [-0.2, -0.15) is 0 Å². The molecule has 0 bridgehead atoms. The Morgan fingerprint density at radius 3 is 2.27 bits per heavy atom. The summed E-state index contributed by atoms with van der Waals surface area (Å²) in [6, 6.07) is 13.5. The van der Waals surface area contributed by atoms with E-state index in [0.717, 1.165) is 4.47 Å². The molecular weight excluding hydrogens is 452 g/mol. The summed E-state index contributed by atoms with van der Waals surface area (Å²) in [6.45, 7) is 5.17. The molecule has 2 amide bonds. The van der Waals surface area contributed by atoms with Gasteiger partial charge in [0.15, 0.2) is 13.2 Å². The van der Waals surface area contributed by atoms with Crippen molar-refractivity contribution in [2.45, 2.75) is 26.8 Å². The number of nitrogens with one attached hydrogen (secondary N) is 2. The zero-order valence-corrected chi connectivity index (χ0v) is 18.7. The van der Waals surface area contributed by atoms with E-state index in [1.807, 2.05) is 20.8 Å². The van der Waals surface area contributed by atoms with Crippen molar-refractivity contribution in [1.82, 2.24) is 5.32 Å². The van der Waals surface area contributed by atoms with Gasteiger partial charge in [0.05, 0.1) is 0 Å². The van der Waals surface area contributed by atoms with Gasteiger partial charge in [0.2, 0.25) is 0 Å². The van der Waals surface area contributed by atoms with Crippen LogP contribution in [0, 0.1) is 5.92 Å². The molecule has 2 aromatic carbocycles. The minimum Gasteiger partial charge on any atom is -0.483 e. The van der Waals surface area contributed by atoms with Crippen molar-refractivity contribution >= 4 is 39.4 Å². The van der Waals surface area contributed by atoms with E-state index in [1.54, 1.807) is 42.5 Å². The number of ether oxygens (including phenoxy) is 2. The van der Waals surface area contributed by atoms with E-state index in [-0.39, 0.29) is 41.7 Å². The maximum atomic E-state index is 12.4. The Morgan fingerprint density at radius 1 is 0.933 bits per heavy atom. The molecule has 0 fully saturated rings. The summed E-state index contributed by atoms with van der Waals surface area (Å²) in [4.78, 5) is 36.4. The van der Waals surface area contributed by atoms with Gasteiger partial charge < -0.3 is 20.1 Å². The Labute approximate surface area is 184 Å². The number of amides is 2. The van der Waals surface area contributed by atoms with Gasteiger partial charge in [0, 0.05) is 16.2 Å². The number of esters is 1. The first-order valence-corrected chi connectivity index (χ1v) is 10.3. The largest absolute Gasteiger partial charge is 0.483 e. The predicted octanol–water partition coefficient (Wildman–Crippen LogP) is 3.78. The second-order valence-corrected chi connectivity index (χ2v) is 7.93. The number of hydrogen-bond acceptors (Lipinski definition) is 5. The fourth-order valence-corrected chi connectivity index (χ4v) is 2.57. The first-order chi connectivity index (χ1) is 14.3.